The molecule has 150 valence electrons. The lowest BCUT2D eigenvalue weighted by Crippen LogP contribution is -2.47. The molecule has 0 unspecified atom stereocenters. The molecule has 0 atom stereocenters. The van der Waals surface area contributed by atoms with Crippen LogP contribution in [0.1, 0.15) is 17.0 Å². The van der Waals surface area contributed by atoms with Gasteiger partial charge in [-0.25, -0.2) is 9.97 Å². The number of anilines is 1. The van der Waals surface area contributed by atoms with Crippen molar-refractivity contribution in [1.29, 1.82) is 0 Å². The predicted molar refractivity (Wildman–Crippen MR) is 112 cm³/mol. The van der Waals surface area contributed by atoms with Crippen molar-refractivity contribution >= 4 is 11.9 Å². The van der Waals surface area contributed by atoms with Gasteiger partial charge in [0.15, 0.2) is 5.76 Å². The minimum Gasteiger partial charge on any atom is -0.459 e. The molecule has 1 aromatic carbocycles. The number of carbonyl (C=O) groups is 1. The smallest absolute Gasteiger partial charge is 0.287 e. The first-order valence-electron chi connectivity index (χ1n) is 9.97. The summed E-state index contributed by atoms with van der Waals surface area (Å²) in [6, 6.07) is 13.5. The lowest BCUT2D eigenvalue weighted by Gasteiger charge is -2.34. The lowest BCUT2D eigenvalue weighted by molar-refractivity contribution is 0.0924. The van der Waals surface area contributed by atoms with E-state index in [9.17, 15) is 4.79 Å². The zero-order chi connectivity index (χ0) is 19.9. The van der Waals surface area contributed by atoms with Crippen LogP contribution >= 0.6 is 0 Å². The second kappa shape index (κ2) is 9.34. The summed E-state index contributed by atoms with van der Waals surface area (Å²) in [4.78, 5) is 25.8. The molecule has 1 amide bonds. The van der Waals surface area contributed by atoms with Crippen LogP contribution in [0.3, 0.4) is 0 Å². The highest BCUT2D eigenvalue weighted by Crippen LogP contribution is 2.24. The van der Waals surface area contributed by atoms with Crippen LogP contribution in [-0.2, 0) is 0 Å². The molecule has 1 saturated heterocycles. The van der Waals surface area contributed by atoms with E-state index < -0.39 is 0 Å². The zero-order valence-corrected chi connectivity index (χ0v) is 16.3. The maximum atomic E-state index is 12.5. The average molecular weight is 391 g/mol. The van der Waals surface area contributed by atoms with Gasteiger partial charge in [-0.2, -0.15) is 0 Å². The van der Waals surface area contributed by atoms with Gasteiger partial charge in [-0.05, 0) is 30.7 Å². The summed E-state index contributed by atoms with van der Waals surface area (Å²) in [5.41, 5.74) is 1.80. The Hall–Kier alpha value is -3.19. The van der Waals surface area contributed by atoms with Gasteiger partial charge in [-0.15, -0.1) is 0 Å². The Morgan fingerprint density at radius 3 is 2.52 bits per heavy atom. The van der Waals surface area contributed by atoms with E-state index in [0.29, 0.717) is 12.3 Å². The highest BCUT2D eigenvalue weighted by Gasteiger charge is 2.19. The predicted octanol–water partition coefficient (Wildman–Crippen LogP) is 2.68. The van der Waals surface area contributed by atoms with E-state index in [2.05, 4.69) is 25.1 Å². The Bertz CT molecular complexity index is 905. The summed E-state index contributed by atoms with van der Waals surface area (Å²) in [6.07, 6.45) is 6.02. The Balaban J connectivity index is 1.20. The third kappa shape index (κ3) is 4.81. The van der Waals surface area contributed by atoms with Crippen molar-refractivity contribution in [3.8, 4) is 11.1 Å². The molecule has 1 fully saturated rings. The molecule has 0 saturated carbocycles. The fraction of sp³-hybridized carbons (Fsp3) is 0.318. The third-order valence-electron chi connectivity index (χ3n) is 5.10. The molecule has 3 heterocycles. The van der Waals surface area contributed by atoms with Crippen LogP contribution in [-0.4, -0.2) is 60.0 Å². The SMILES string of the molecule is O=C(NCCCN1CCN(c2ncccn2)CC1)c1occc1-c1ccccc1. The van der Waals surface area contributed by atoms with Crippen LogP contribution in [0.5, 0.6) is 0 Å². The highest BCUT2D eigenvalue weighted by molar-refractivity contribution is 5.98. The molecular formula is C22H25N5O2. The van der Waals surface area contributed by atoms with Gasteiger partial charge in [0.2, 0.25) is 5.95 Å². The number of piperazine rings is 1. The van der Waals surface area contributed by atoms with E-state index in [0.717, 1.165) is 56.2 Å². The van der Waals surface area contributed by atoms with Crippen LogP contribution in [0.4, 0.5) is 5.95 Å². The number of hydrogen-bond donors (Lipinski definition) is 1. The van der Waals surface area contributed by atoms with Gasteiger partial charge in [0.1, 0.15) is 0 Å². The number of benzene rings is 1. The number of nitrogens with one attached hydrogen (secondary N) is 1. The minimum atomic E-state index is -0.167. The van der Waals surface area contributed by atoms with E-state index in [1.807, 2.05) is 42.5 Å². The van der Waals surface area contributed by atoms with E-state index in [1.165, 1.54) is 0 Å². The van der Waals surface area contributed by atoms with Crippen LogP contribution in [0, 0.1) is 0 Å². The topological polar surface area (TPSA) is 74.5 Å². The quantitative estimate of drug-likeness (QED) is 0.624. The second-order valence-corrected chi connectivity index (χ2v) is 7.02. The number of nitrogens with zero attached hydrogens (tertiary/aromatic N) is 4. The van der Waals surface area contributed by atoms with Gasteiger partial charge in [-0.3, -0.25) is 9.69 Å². The van der Waals surface area contributed by atoms with E-state index >= 15 is 0 Å². The number of carbonyl (C=O) groups excluding carboxylic acids is 1. The summed E-state index contributed by atoms with van der Waals surface area (Å²) in [7, 11) is 0. The fourth-order valence-electron chi connectivity index (χ4n) is 3.54. The van der Waals surface area contributed by atoms with E-state index in [-0.39, 0.29) is 5.91 Å². The van der Waals surface area contributed by atoms with Crippen molar-refractivity contribution in [2.75, 3.05) is 44.2 Å². The van der Waals surface area contributed by atoms with Crippen molar-refractivity contribution in [2.24, 2.45) is 0 Å². The Morgan fingerprint density at radius 2 is 1.76 bits per heavy atom. The number of rotatable bonds is 7. The number of hydrogen-bond acceptors (Lipinski definition) is 6. The standard InChI is InChI=1S/C22H25N5O2/c28-21(20-19(8-17-29-20)18-6-2-1-3-7-18)23-11-5-12-26-13-15-27(16-14-26)22-24-9-4-10-25-22/h1-4,6-10,17H,5,11-16H2,(H,23,28). The first kappa shape index (κ1) is 19.1. The zero-order valence-electron chi connectivity index (χ0n) is 16.3. The molecule has 7 heteroatoms. The summed E-state index contributed by atoms with van der Waals surface area (Å²) < 4.78 is 5.44. The Morgan fingerprint density at radius 1 is 1.00 bits per heavy atom. The van der Waals surface area contributed by atoms with Crippen LogP contribution in [0.15, 0.2) is 65.5 Å². The maximum Gasteiger partial charge on any atom is 0.287 e. The number of furan rings is 1. The molecule has 1 aliphatic rings. The summed E-state index contributed by atoms with van der Waals surface area (Å²) in [5, 5.41) is 2.98. The van der Waals surface area contributed by atoms with Gasteiger partial charge in [0, 0.05) is 50.7 Å². The first-order chi connectivity index (χ1) is 14.3. The van der Waals surface area contributed by atoms with Crippen molar-refractivity contribution in [2.45, 2.75) is 6.42 Å². The van der Waals surface area contributed by atoms with Gasteiger partial charge >= 0.3 is 0 Å². The van der Waals surface area contributed by atoms with E-state index in [4.69, 9.17) is 4.42 Å². The Kier molecular flexibility index (Phi) is 6.16. The molecule has 1 N–H and O–H groups in total. The van der Waals surface area contributed by atoms with Crippen molar-refractivity contribution < 1.29 is 9.21 Å². The average Bonchev–Trinajstić information content (AvgIpc) is 3.28. The summed E-state index contributed by atoms with van der Waals surface area (Å²) >= 11 is 0. The minimum absolute atomic E-state index is 0.167. The molecule has 0 aliphatic carbocycles. The largest absolute Gasteiger partial charge is 0.459 e. The van der Waals surface area contributed by atoms with Crippen LogP contribution < -0.4 is 10.2 Å². The lowest BCUT2D eigenvalue weighted by atomic mass is 10.1. The number of amides is 1. The van der Waals surface area contributed by atoms with Gasteiger partial charge in [0.05, 0.1) is 6.26 Å². The molecule has 4 rings (SSSR count). The summed E-state index contributed by atoms with van der Waals surface area (Å²) in [6.45, 7) is 5.36. The van der Waals surface area contributed by atoms with Gasteiger partial charge in [-0.1, -0.05) is 30.3 Å². The van der Waals surface area contributed by atoms with Gasteiger partial charge < -0.3 is 14.6 Å². The third-order valence-corrected chi connectivity index (χ3v) is 5.10. The molecule has 29 heavy (non-hydrogen) atoms. The molecular weight excluding hydrogens is 366 g/mol. The molecule has 2 aromatic heterocycles. The van der Waals surface area contributed by atoms with E-state index in [1.54, 1.807) is 18.7 Å². The van der Waals surface area contributed by atoms with Crippen molar-refractivity contribution in [3.63, 3.8) is 0 Å². The highest BCUT2D eigenvalue weighted by atomic mass is 16.3. The number of aromatic nitrogens is 2. The molecule has 7 nitrogen and oxygen atoms in total. The monoisotopic (exact) mass is 391 g/mol. The van der Waals surface area contributed by atoms with Crippen molar-refractivity contribution in [3.05, 3.63) is 66.9 Å². The van der Waals surface area contributed by atoms with Crippen LogP contribution in [0.25, 0.3) is 11.1 Å². The first-order valence-corrected chi connectivity index (χ1v) is 9.97. The van der Waals surface area contributed by atoms with Crippen LogP contribution in [0.2, 0.25) is 0 Å². The molecule has 0 bridgehead atoms. The van der Waals surface area contributed by atoms with Gasteiger partial charge in [0.25, 0.3) is 5.91 Å². The summed E-state index contributed by atoms with van der Waals surface area (Å²) in [5.74, 6) is 1.000. The molecule has 0 spiro atoms. The molecule has 3 aromatic rings. The van der Waals surface area contributed by atoms with Crippen molar-refractivity contribution in [1.82, 2.24) is 20.2 Å². The maximum absolute atomic E-state index is 12.5. The Labute approximate surface area is 170 Å². The normalized spacial score (nSPS) is 14.7. The molecule has 0 radical (unpaired) electrons. The second-order valence-electron chi connectivity index (χ2n) is 7.02. The molecule has 1 aliphatic heterocycles. The fourth-order valence-corrected chi connectivity index (χ4v) is 3.54.